The summed E-state index contributed by atoms with van der Waals surface area (Å²) < 4.78 is 1.71. The van der Waals surface area contributed by atoms with Crippen LogP contribution in [0.25, 0.3) is 15.7 Å². The van der Waals surface area contributed by atoms with Crippen molar-refractivity contribution in [3.8, 4) is 15.7 Å². The zero-order valence-corrected chi connectivity index (χ0v) is 15.8. The van der Waals surface area contributed by atoms with E-state index in [4.69, 9.17) is 0 Å². The second-order valence-electron chi connectivity index (χ2n) is 6.86. The molecule has 0 aliphatic heterocycles. The van der Waals surface area contributed by atoms with Crippen LogP contribution < -0.4 is 5.32 Å². The van der Waals surface area contributed by atoms with E-state index in [0.29, 0.717) is 12.2 Å². The smallest absolute Gasteiger partial charge is 0.226 e. The molecule has 0 aromatic carbocycles. The van der Waals surface area contributed by atoms with Crippen molar-refractivity contribution in [1.29, 1.82) is 0 Å². The standard InChI is InChI=1S/C17H20N4OS2/c1-11-8-14(19-15(22)9-17(2,3)4)21(20-11)16-18-12(10-24-16)13-6-5-7-23-13/h5-8,10H,9H2,1-4H3,(H,19,22). The van der Waals surface area contributed by atoms with E-state index >= 15 is 0 Å². The number of carbonyl (C=O) groups is 1. The van der Waals surface area contributed by atoms with Crippen LogP contribution >= 0.6 is 22.7 Å². The number of carbonyl (C=O) groups excluding carboxylic acids is 1. The summed E-state index contributed by atoms with van der Waals surface area (Å²) in [5.41, 5.74) is 1.72. The van der Waals surface area contributed by atoms with Crippen LogP contribution in [-0.2, 0) is 4.79 Å². The molecule has 24 heavy (non-hydrogen) atoms. The molecule has 3 aromatic heterocycles. The van der Waals surface area contributed by atoms with E-state index in [1.807, 2.05) is 56.7 Å². The van der Waals surface area contributed by atoms with E-state index in [1.165, 1.54) is 11.3 Å². The molecule has 126 valence electrons. The fourth-order valence-corrected chi connectivity index (χ4v) is 3.85. The Morgan fingerprint density at radius 3 is 2.79 bits per heavy atom. The van der Waals surface area contributed by atoms with Crippen molar-refractivity contribution in [1.82, 2.24) is 14.8 Å². The van der Waals surface area contributed by atoms with E-state index in [9.17, 15) is 4.79 Å². The lowest BCUT2D eigenvalue weighted by Gasteiger charge is -2.17. The van der Waals surface area contributed by atoms with Gasteiger partial charge in [0.1, 0.15) is 5.82 Å². The predicted octanol–water partition coefficient (Wildman–Crippen LogP) is 4.74. The first-order valence-electron chi connectivity index (χ1n) is 7.68. The number of hydrogen-bond acceptors (Lipinski definition) is 5. The molecule has 0 saturated carbocycles. The molecular weight excluding hydrogens is 340 g/mol. The number of anilines is 1. The third-order valence-corrected chi connectivity index (χ3v) is 4.95. The van der Waals surface area contributed by atoms with E-state index in [1.54, 1.807) is 16.0 Å². The van der Waals surface area contributed by atoms with Crippen molar-refractivity contribution >= 4 is 34.4 Å². The highest BCUT2D eigenvalue weighted by molar-refractivity contribution is 7.15. The third kappa shape index (κ3) is 3.91. The molecule has 1 N–H and O–H groups in total. The van der Waals surface area contributed by atoms with Crippen molar-refractivity contribution in [3.63, 3.8) is 0 Å². The van der Waals surface area contributed by atoms with Crippen molar-refractivity contribution in [3.05, 3.63) is 34.7 Å². The number of thiophene rings is 1. The molecule has 3 rings (SSSR count). The Morgan fingerprint density at radius 1 is 1.33 bits per heavy atom. The van der Waals surface area contributed by atoms with Gasteiger partial charge in [0.05, 0.1) is 16.3 Å². The van der Waals surface area contributed by atoms with E-state index in [2.05, 4.69) is 15.4 Å². The highest BCUT2D eigenvalue weighted by Crippen LogP contribution is 2.29. The maximum absolute atomic E-state index is 12.2. The summed E-state index contributed by atoms with van der Waals surface area (Å²) in [6.45, 7) is 8.04. The zero-order chi connectivity index (χ0) is 17.3. The molecule has 0 unspecified atom stereocenters. The molecule has 0 atom stereocenters. The Morgan fingerprint density at radius 2 is 2.12 bits per heavy atom. The molecule has 3 heterocycles. The van der Waals surface area contributed by atoms with Crippen LogP contribution in [0.2, 0.25) is 0 Å². The van der Waals surface area contributed by atoms with Crippen molar-refractivity contribution < 1.29 is 4.79 Å². The molecule has 0 fully saturated rings. The Balaban J connectivity index is 1.86. The first-order valence-corrected chi connectivity index (χ1v) is 9.44. The predicted molar refractivity (Wildman–Crippen MR) is 100.0 cm³/mol. The van der Waals surface area contributed by atoms with Crippen LogP contribution in [0.3, 0.4) is 0 Å². The van der Waals surface area contributed by atoms with Crippen LogP contribution in [0.5, 0.6) is 0 Å². The number of aryl methyl sites for hydroxylation is 1. The van der Waals surface area contributed by atoms with Crippen LogP contribution in [0, 0.1) is 12.3 Å². The van der Waals surface area contributed by atoms with Crippen LogP contribution in [-0.4, -0.2) is 20.7 Å². The van der Waals surface area contributed by atoms with Gasteiger partial charge in [-0.15, -0.1) is 22.7 Å². The Labute approximate surface area is 149 Å². The van der Waals surface area contributed by atoms with Crippen LogP contribution in [0.15, 0.2) is 29.0 Å². The maximum atomic E-state index is 12.2. The van der Waals surface area contributed by atoms with E-state index < -0.39 is 0 Å². The molecule has 0 spiro atoms. The Hall–Kier alpha value is -1.99. The van der Waals surface area contributed by atoms with Gasteiger partial charge in [-0.2, -0.15) is 9.78 Å². The molecule has 0 radical (unpaired) electrons. The van der Waals surface area contributed by atoms with Gasteiger partial charge in [0.2, 0.25) is 11.0 Å². The minimum Gasteiger partial charge on any atom is -0.310 e. The minimum absolute atomic E-state index is 0.0151. The number of rotatable bonds is 4. The molecule has 0 aliphatic rings. The molecular formula is C17H20N4OS2. The highest BCUT2D eigenvalue weighted by Gasteiger charge is 2.19. The molecule has 0 saturated heterocycles. The lowest BCUT2D eigenvalue weighted by molar-refractivity contribution is -0.117. The number of amides is 1. The van der Waals surface area contributed by atoms with Crippen molar-refractivity contribution in [2.24, 2.45) is 5.41 Å². The largest absolute Gasteiger partial charge is 0.310 e. The van der Waals surface area contributed by atoms with Gasteiger partial charge in [0.25, 0.3) is 0 Å². The summed E-state index contributed by atoms with van der Waals surface area (Å²) in [7, 11) is 0. The molecule has 3 aromatic rings. The van der Waals surface area contributed by atoms with E-state index in [-0.39, 0.29) is 11.3 Å². The van der Waals surface area contributed by atoms with Crippen LogP contribution in [0.1, 0.15) is 32.9 Å². The monoisotopic (exact) mass is 360 g/mol. The zero-order valence-electron chi connectivity index (χ0n) is 14.2. The molecule has 7 heteroatoms. The lowest BCUT2D eigenvalue weighted by Crippen LogP contribution is -2.21. The number of nitrogens with one attached hydrogen (secondary N) is 1. The number of nitrogens with zero attached hydrogens (tertiary/aromatic N) is 3. The van der Waals surface area contributed by atoms with Gasteiger partial charge in [-0.1, -0.05) is 26.8 Å². The second kappa shape index (κ2) is 6.49. The maximum Gasteiger partial charge on any atom is 0.226 e. The first kappa shape index (κ1) is 16.9. The van der Waals surface area contributed by atoms with Gasteiger partial charge in [-0.05, 0) is 23.8 Å². The topological polar surface area (TPSA) is 59.8 Å². The normalized spacial score (nSPS) is 11.7. The molecule has 5 nitrogen and oxygen atoms in total. The van der Waals surface area contributed by atoms with Gasteiger partial charge in [0, 0.05) is 17.9 Å². The SMILES string of the molecule is Cc1cc(NC(=O)CC(C)(C)C)n(-c2nc(-c3cccs3)cs2)n1. The van der Waals surface area contributed by atoms with E-state index in [0.717, 1.165) is 21.4 Å². The fourth-order valence-electron chi connectivity index (χ4n) is 2.30. The summed E-state index contributed by atoms with van der Waals surface area (Å²) in [4.78, 5) is 18.0. The van der Waals surface area contributed by atoms with Crippen molar-refractivity contribution in [2.45, 2.75) is 34.1 Å². The summed E-state index contributed by atoms with van der Waals surface area (Å²) in [5.74, 6) is 0.646. The number of hydrogen-bond donors (Lipinski definition) is 1. The lowest BCUT2D eigenvalue weighted by atomic mass is 9.92. The summed E-state index contributed by atoms with van der Waals surface area (Å²) >= 11 is 3.17. The van der Waals surface area contributed by atoms with Gasteiger partial charge in [-0.3, -0.25) is 4.79 Å². The third-order valence-electron chi connectivity index (χ3n) is 3.24. The molecule has 1 amide bonds. The number of aromatic nitrogens is 3. The summed E-state index contributed by atoms with van der Waals surface area (Å²) in [5, 5.41) is 12.2. The quantitative estimate of drug-likeness (QED) is 0.731. The van der Waals surface area contributed by atoms with Gasteiger partial charge in [0.15, 0.2) is 0 Å². The van der Waals surface area contributed by atoms with Crippen molar-refractivity contribution in [2.75, 3.05) is 5.32 Å². The second-order valence-corrected chi connectivity index (χ2v) is 8.65. The van der Waals surface area contributed by atoms with Gasteiger partial charge >= 0.3 is 0 Å². The van der Waals surface area contributed by atoms with Crippen LogP contribution in [0.4, 0.5) is 5.82 Å². The minimum atomic E-state index is -0.0580. The molecule has 0 bridgehead atoms. The van der Waals surface area contributed by atoms with Gasteiger partial charge in [-0.25, -0.2) is 4.98 Å². The fraction of sp³-hybridized carbons (Fsp3) is 0.353. The average Bonchev–Trinajstić information content (AvgIpc) is 3.15. The Kier molecular flexibility index (Phi) is 4.56. The Bertz CT molecular complexity index is 840. The number of thiazole rings is 1. The highest BCUT2D eigenvalue weighted by atomic mass is 32.1. The molecule has 0 aliphatic carbocycles. The summed E-state index contributed by atoms with van der Waals surface area (Å²) in [6, 6.07) is 5.92. The average molecular weight is 361 g/mol. The first-order chi connectivity index (χ1) is 11.3. The summed E-state index contributed by atoms with van der Waals surface area (Å²) in [6.07, 6.45) is 0.454. The van der Waals surface area contributed by atoms with Gasteiger partial charge < -0.3 is 5.32 Å².